The third-order valence-corrected chi connectivity index (χ3v) is 4.41. The lowest BCUT2D eigenvalue weighted by Gasteiger charge is -2.18. The Morgan fingerprint density at radius 2 is 2.09 bits per heavy atom. The van der Waals surface area contributed by atoms with Crippen LogP contribution in [0, 0.1) is 12.8 Å². The van der Waals surface area contributed by atoms with Gasteiger partial charge in [-0.2, -0.15) is 0 Å². The highest BCUT2D eigenvalue weighted by Gasteiger charge is 2.34. The molecule has 0 spiro atoms. The number of carbonyl (C=O) groups excluding carboxylic acids is 2. The van der Waals surface area contributed by atoms with Crippen LogP contribution in [0.25, 0.3) is 0 Å². The number of ether oxygens (including phenoxy) is 1. The van der Waals surface area contributed by atoms with E-state index >= 15 is 0 Å². The van der Waals surface area contributed by atoms with Crippen molar-refractivity contribution in [3.05, 3.63) is 35.4 Å². The highest BCUT2D eigenvalue weighted by atomic mass is 16.5. The SMILES string of the molecule is Cc1ccc(CN2CC[C@@H](NC(=O)[C@@H]3CCOC3)C2=O)cc1. The lowest BCUT2D eigenvalue weighted by Crippen LogP contribution is -2.44. The van der Waals surface area contributed by atoms with Gasteiger partial charge in [0.05, 0.1) is 12.5 Å². The molecule has 2 aliphatic heterocycles. The van der Waals surface area contributed by atoms with Crippen LogP contribution in [0.4, 0.5) is 0 Å². The fourth-order valence-corrected chi connectivity index (χ4v) is 2.97. The van der Waals surface area contributed by atoms with Gasteiger partial charge in [-0.15, -0.1) is 0 Å². The maximum Gasteiger partial charge on any atom is 0.245 e. The summed E-state index contributed by atoms with van der Waals surface area (Å²) >= 11 is 0. The molecule has 2 atom stereocenters. The van der Waals surface area contributed by atoms with E-state index < -0.39 is 0 Å². The predicted molar refractivity (Wildman–Crippen MR) is 82.1 cm³/mol. The third-order valence-electron chi connectivity index (χ3n) is 4.41. The smallest absolute Gasteiger partial charge is 0.245 e. The van der Waals surface area contributed by atoms with Gasteiger partial charge in [0.25, 0.3) is 0 Å². The fourth-order valence-electron chi connectivity index (χ4n) is 2.97. The number of rotatable bonds is 4. The Morgan fingerprint density at radius 3 is 2.77 bits per heavy atom. The predicted octanol–water partition coefficient (Wildman–Crippen LogP) is 1.25. The molecule has 2 fully saturated rings. The molecule has 0 saturated carbocycles. The van der Waals surface area contributed by atoms with Crippen LogP contribution in [0.2, 0.25) is 0 Å². The Hall–Kier alpha value is -1.88. The summed E-state index contributed by atoms with van der Waals surface area (Å²) in [5, 5.41) is 2.89. The van der Waals surface area contributed by atoms with Gasteiger partial charge >= 0.3 is 0 Å². The van der Waals surface area contributed by atoms with Gasteiger partial charge in [0.15, 0.2) is 0 Å². The average molecular weight is 302 g/mol. The molecule has 0 aromatic heterocycles. The molecule has 5 nitrogen and oxygen atoms in total. The number of nitrogens with one attached hydrogen (secondary N) is 1. The molecule has 2 saturated heterocycles. The van der Waals surface area contributed by atoms with E-state index in [9.17, 15) is 9.59 Å². The summed E-state index contributed by atoms with van der Waals surface area (Å²) in [5.41, 5.74) is 2.33. The lowest BCUT2D eigenvalue weighted by atomic mass is 10.1. The number of aryl methyl sites for hydroxylation is 1. The number of carbonyl (C=O) groups is 2. The molecule has 1 N–H and O–H groups in total. The number of amides is 2. The molecule has 2 aliphatic rings. The van der Waals surface area contributed by atoms with Gasteiger partial charge in [-0.05, 0) is 25.3 Å². The molecule has 0 aliphatic carbocycles. The maximum absolute atomic E-state index is 12.4. The number of nitrogens with zero attached hydrogens (tertiary/aromatic N) is 1. The first kappa shape index (κ1) is 15.0. The van der Waals surface area contributed by atoms with Crippen molar-refractivity contribution in [2.75, 3.05) is 19.8 Å². The molecule has 1 aromatic rings. The van der Waals surface area contributed by atoms with E-state index in [0.29, 0.717) is 32.7 Å². The molecule has 118 valence electrons. The Kier molecular flexibility index (Phi) is 4.43. The molecule has 3 rings (SSSR count). The minimum atomic E-state index is -0.376. The van der Waals surface area contributed by atoms with Crippen LogP contribution < -0.4 is 5.32 Å². The van der Waals surface area contributed by atoms with Gasteiger partial charge in [-0.25, -0.2) is 0 Å². The number of hydrogen-bond donors (Lipinski definition) is 1. The van der Waals surface area contributed by atoms with E-state index in [2.05, 4.69) is 17.4 Å². The molecule has 5 heteroatoms. The standard InChI is InChI=1S/C17H22N2O3/c1-12-2-4-13(5-3-12)10-19-8-6-15(17(19)21)18-16(20)14-7-9-22-11-14/h2-5,14-15H,6-11H2,1H3,(H,18,20)/t14-,15-/m1/s1. The Bertz CT molecular complexity index is 550. The molecule has 2 amide bonds. The summed E-state index contributed by atoms with van der Waals surface area (Å²) < 4.78 is 5.22. The topological polar surface area (TPSA) is 58.6 Å². The normalized spacial score (nSPS) is 24.8. The van der Waals surface area contributed by atoms with Crippen molar-refractivity contribution in [3.8, 4) is 0 Å². The van der Waals surface area contributed by atoms with Crippen LogP contribution in [-0.2, 0) is 20.9 Å². The van der Waals surface area contributed by atoms with Gasteiger partial charge in [-0.1, -0.05) is 29.8 Å². The summed E-state index contributed by atoms with van der Waals surface area (Å²) in [5.74, 6) is -0.125. The van der Waals surface area contributed by atoms with E-state index in [1.54, 1.807) is 0 Å². The van der Waals surface area contributed by atoms with Crippen molar-refractivity contribution in [2.24, 2.45) is 5.92 Å². The largest absolute Gasteiger partial charge is 0.381 e. The van der Waals surface area contributed by atoms with Crippen LogP contribution in [0.3, 0.4) is 0 Å². The summed E-state index contributed by atoms with van der Waals surface area (Å²) in [7, 11) is 0. The Labute approximate surface area is 130 Å². The minimum Gasteiger partial charge on any atom is -0.381 e. The van der Waals surface area contributed by atoms with E-state index in [1.807, 2.05) is 24.0 Å². The molecule has 22 heavy (non-hydrogen) atoms. The second-order valence-electron chi connectivity index (χ2n) is 6.16. The Morgan fingerprint density at radius 1 is 1.32 bits per heavy atom. The highest BCUT2D eigenvalue weighted by Crippen LogP contribution is 2.18. The van der Waals surface area contributed by atoms with E-state index in [0.717, 1.165) is 12.0 Å². The van der Waals surface area contributed by atoms with E-state index in [-0.39, 0.29) is 23.8 Å². The zero-order valence-electron chi connectivity index (χ0n) is 12.9. The van der Waals surface area contributed by atoms with Crippen LogP contribution >= 0.6 is 0 Å². The van der Waals surface area contributed by atoms with Gasteiger partial charge < -0.3 is 15.0 Å². The van der Waals surface area contributed by atoms with Crippen LogP contribution in [0.15, 0.2) is 24.3 Å². The van der Waals surface area contributed by atoms with Gasteiger partial charge in [0.2, 0.25) is 11.8 Å². The van der Waals surface area contributed by atoms with Gasteiger partial charge in [-0.3, -0.25) is 9.59 Å². The van der Waals surface area contributed by atoms with Crippen molar-refractivity contribution >= 4 is 11.8 Å². The summed E-state index contributed by atoms with van der Waals surface area (Å²) in [4.78, 5) is 26.3. The number of hydrogen-bond acceptors (Lipinski definition) is 3. The summed E-state index contributed by atoms with van der Waals surface area (Å²) in [6, 6.07) is 7.82. The second kappa shape index (κ2) is 6.48. The summed E-state index contributed by atoms with van der Waals surface area (Å²) in [6.45, 7) is 4.45. The molecule has 0 unspecified atom stereocenters. The van der Waals surface area contributed by atoms with Gasteiger partial charge in [0.1, 0.15) is 6.04 Å². The van der Waals surface area contributed by atoms with Gasteiger partial charge in [0, 0.05) is 19.7 Å². The third kappa shape index (κ3) is 3.30. The fraction of sp³-hybridized carbons (Fsp3) is 0.529. The van der Waals surface area contributed by atoms with E-state index in [4.69, 9.17) is 4.74 Å². The lowest BCUT2D eigenvalue weighted by molar-refractivity contribution is -0.134. The number of benzene rings is 1. The van der Waals surface area contributed by atoms with E-state index in [1.165, 1.54) is 5.56 Å². The second-order valence-corrected chi connectivity index (χ2v) is 6.16. The molecular formula is C17H22N2O3. The van der Waals surface area contributed by atoms with Crippen LogP contribution in [-0.4, -0.2) is 42.5 Å². The molecule has 2 heterocycles. The molecule has 0 radical (unpaired) electrons. The molecule has 1 aromatic carbocycles. The Balaban J connectivity index is 1.55. The zero-order valence-corrected chi connectivity index (χ0v) is 12.9. The first-order chi connectivity index (χ1) is 10.6. The minimum absolute atomic E-state index is 0.0211. The average Bonchev–Trinajstić information content (AvgIpc) is 3.15. The van der Waals surface area contributed by atoms with Crippen molar-refractivity contribution in [1.82, 2.24) is 10.2 Å². The molecular weight excluding hydrogens is 280 g/mol. The quantitative estimate of drug-likeness (QED) is 0.910. The monoisotopic (exact) mass is 302 g/mol. The maximum atomic E-state index is 12.4. The van der Waals surface area contributed by atoms with Crippen molar-refractivity contribution in [1.29, 1.82) is 0 Å². The van der Waals surface area contributed by atoms with Crippen molar-refractivity contribution < 1.29 is 14.3 Å². The highest BCUT2D eigenvalue weighted by molar-refractivity contribution is 5.90. The zero-order chi connectivity index (χ0) is 15.5. The number of likely N-dealkylation sites (tertiary alicyclic amines) is 1. The first-order valence-corrected chi connectivity index (χ1v) is 7.86. The van der Waals surface area contributed by atoms with Crippen LogP contribution in [0.1, 0.15) is 24.0 Å². The van der Waals surface area contributed by atoms with Crippen molar-refractivity contribution in [2.45, 2.75) is 32.4 Å². The van der Waals surface area contributed by atoms with Crippen molar-refractivity contribution in [3.63, 3.8) is 0 Å². The molecule has 0 bridgehead atoms. The first-order valence-electron chi connectivity index (χ1n) is 7.86. The summed E-state index contributed by atoms with van der Waals surface area (Å²) in [6.07, 6.45) is 1.43. The van der Waals surface area contributed by atoms with Crippen LogP contribution in [0.5, 0.6) is 0 Å².